The smallest absolute Gasteiger partial charge is 0.269 e. The summed E-state index contributed by atoms with van der Waals surface area (Å²) in [6.45, 7) is 4.61. The number of hydrogen-bond donors (Lipinski definition) is 1. The lowest BCUT2D eigenvalue weighted by molar-refractivity contribution is -0.384. The molecule has 1 aromatic heterocycles. The van der Waals surface area contributed by atoms with Gasteiger partial charge in [0.15, 0.2) is 5.78 Å². The molecule has 0 radical (unpaired) electrons. The van der Waals surface area contributed by atoms with Gasteiger partial charge in [-0.1, -0.05) is 0 Å². The van der Waals surface area contributed by atoms with Crippen LogP contribution in [0.4, 0.5) is 5.69 Å². The van der Waals surface area contributed by atoms with Crippen LogP contribution in [0.1, 0.15) is 57.7 Å². The Kier molecular flexibility index (Phi) is 4.88. The number of nitro benzene ring substituents is 1. The zero-order valence-corrected chi connectivity index (χ0v) is 14.8. The number of aromatic nitrogens is 1. The van der Waals surface area contributed by atoms with Gasteiger partial charge in [0.1, 0.15) is 0 Å². The fourth-order valence-electron chi connectivity index (χ4n) is 3.66. The molecule has 3 rings (SSSR count). The summed E-state index contributed by atoms with van der Waals surface area (Å²) in [6, 6.07) is 5.67. The minimum atomic E-state index is -0.483. The van der Waals surface area contributed by atoms with Gasteiger partial charge in [-0.25, -0.2) is 0 Å². The first-order valence-electron chi connectivity index (χ1n) is 8.61. The third-order valence-corrected chi connectivity index (χ3v) is 4.93. The van der Waals surface area contributed by atoms with E-state index in [2.05, 4.69) is 4.98 Å². The Morgan fingerprint density at radius 3 is 2.58 bits per heavy atom. The molecular formula is C19H21N3O4. The van der Waals surface area contributed by atoms with Gasteiger partial charge in [0, 0.05) is 54.2 Å². The summed E-state index contributed by atoms with van der Waals surface area (Å²) >= 11 is 0. The molecule has 0 aliphatic carbocycles. The Morgan fingerprint density at radius 2 is 1.96 bits per heavy atom. The first kappa shape index (κ1) is 17.8. The van der Waals surface area contributed by atoms with Gasteiger partial charge in [-0.2, -0.15) is 0 Å². The van der Waals surface area contributed by atoms with Crippen molar-refractivity contribution in [2.24, 2.45) is 0 Å². The van der Waals surface area contributed by atoms with Crippen molar-refractivity contribution in [1.82, 2.24) is 9.88 Å². The van der Waals surface area contributed by atoms with E-state index in [1.807, 2.05) is 13.1 Å². The molecular weight excluding hydrogens is 334 g/mol. The molecule has 1 atom stereocenters. The van der Waals surface area contributed by atoms with Gasteiger partial charge in [-0.05, 0) is 44.4 Å². The highest BCUT2D eigenvalue weighted by atomic mass is 16.6. The van der Waals surface area contributed by atoms with Crippen molar-refractivity contribution < 1.29 is 14.5 Å². The summed E-state index contributed by atoms with van der Waals surface area (Å²) in [5.74, 6) is -0.00611. The third-order valence-electron chi connectivity index (χ3n) is 4.93. The Bertz CT molecular complexity index is 854. The van der Waals surface area contributed by atoms with Crippen molar-refractivity contribution >= 4 is 17.4 Å². The molecule has 0 saturated carbocycles. The number of carbonyl (C=O) groups excluding carboxylic acids is 2. The highest BCUT2D eigenvalue weighted by molar-refractivity contribution is 5.97. The minimum Gasteiger partial charge on any atom is -0.364 e. The molecule has 1 fully saturated rings. The number of Topliss-reactive ketones (excluding diaryl/α,β-unsaturated/α-hetero) is 1. The Balaban J connectivity index is 1.79. The summed E-state index contributed by atoms with van der Waals surface area (Å²) in [7, 11) is 0. The zero-order valence-electron chi connectivity index (χ0n) is 14.8. The number of rotatable bonds is 4. The molecule has 1 aliphatic rings. The number of hydrogen-bond acceptors (Lipinski definition) is 4. The van der Waals surface area contributed by atoms with Gasteiger partial charge in [0.05, 0.1) is 4.92 Å². The average molecular weight is 355 g/mol. The number of H-pyrrole nitrogens is 1. The topological polar surface area (TPSA) is 96.3 Å². The summed E-state index contributed by atoms with van der Waals surface area (Å²) < 4.78 is 0. The largest absolute Gasteiger partial charge is 0.364 e. The number of nitrogens with zero attached hydrogens (tertiary/aromatic N) is 2. The summed E-state index contributed by atoms with van der Waals surface area (Å²) in [6.07, 6.45) is 3.64. The van der Waals surface area contributed by atoms with Crippen LogP contribution >= 0.6 is 0 Å². The number of likely N-dealkylation sites (tertiary alicyclic amines) is 1. The first-order chi connectivity index (χ1) is 12.4. The van der Waals surface area contributed by atoms with Crippen LogP contribution in [0.5, 0.6) is 0 Å². The second kappa shape index (κ2) is 7.11. The molecule has 136 valence electrons. The second-order valence-electron chi connectivity index (χ2n) is 6.69. The summed E-state index contributed by atoms with van der Waals surface area (Å²) in [4.78, 5) is 39.9. The highest BCUT2D eigenvalue weighted by Gasteiger charge is 2.29. The fraction of sp³-hybridized carbons (Fsp3) is 0.368. The van der Waals surface area contributed by atoms with Crippen LogP contribution in [0.3, 0.4) is 0 Å². The number of aromatic amines is 1. The van der Waals surface area contributed by atoms with Gasteiger partial charge in [0.25, 0.3) is 11.6 Å². The number of carbonyl (C=O) groups is 2. The fourth-order valence-corrected chi connectivity index (χ4v) is 3.66. The van der Waals surface area contributed by atoms with E-state index in [9.17, 15) is 19.7 Å². The standard InChI is InChI=1S/C19H21N3O4/c1-12-18(13(2)23)17(10-20-12)15-4-3-9-21(11-15)19(24)14-5-7-16(8-6-14)22(25)26/h5-8,10,15,20H,3-4,9,11H2,1-2H3. The van der Waals surface area contributed by atoms with E-state index in [1.54, 1.807) is 11.8 Å². The van der Waals surface area contributed by atoms with Gasteiger partial charge in [0.2, 0.25) is 0 Å². The van der Waals surface area contributed by atoms with Crippen LogP contribution in [-0.2, 0) is 0 Å². The SMILES string of the molecule is CC(=O)c1c(C2CCCN(C(=O)c3ccc([N+](=O)[O-])cc3)C2)c[nH]c1C. The van der Waals surface area contributed by atoms with Crippen molar-refractivity contribution in [2.75, 3.05) is 13.1 Å². The monoisotopic (exact) mass is 355 g/mol. The van der Waals surface area contributed by atoms with E-state index in [0.717, 1.165) is 29.7 Å². The van der Waals surface area contributed by atoms with Gasteiger partial charge < -0.3 is 9.88 Å². The molecule has 1 aromatic carbocycles. The van der Waals surface area contributed by atoms with E-state index in [4.69, 9.17) is 0 Å². The van der Waals surface area contributed by atoms with Crippen molar-refractivity contribution in [1.29, 1.82) is 0 Å². The predicted molar refractivity (Wildman–Crippen MR) is 96.5 cm³/mol. The maximum atomic E-state index is 12.8. The number of amides is 1. The zero-order chi connectivity index (χ0) is 18.8. The summed E-state index contributed by atoms with van der Waals surface area (Å²) in [5.41, 5.74) is 2.95. The molecule has 0 spiro atoms. The van der Waals surface area contributed by atoms with Crippen LogP contribution in [-0.4, -0.2) is 39.6 Å². The third kappa shape index (κ3) is 3.37. The summed E-state index contributed by atoms with van der Waals surface area (Å²) in [5, 5.41) is 10.8. The van der Waals surface area contributed by atoms with Crippen LogP contribution in [0.15, 0.2) is 30.5 Å². The quantitative estimate of drug-likeness (QED) is 0.516. The molecule has 2 aromatic rings. The molecule has 26 heavy (non-hydrogen) atoms. The first-order valence-corrected chi connectivity index (χ1v) is 8.61. The number of piperidine rings is 1. The lowest BCUT2D eigenvalue weighted by Crippen LogP contribution is -2.39. The molecule has 1 aliphatic heterocycles. The second-order valence-corrected chi connectivity index (χ2v) is 6.69. The van der Waals surface area contributed by atoms with E-state index in [-0.39, 0.29) is 23.3 Å². The molecule has 1 N–H and O–H groups in total. The lowest BCUT2D eigenvalue weighted by Gasteiger charge is -2.33. The van der Waals surface area contributed by atoms with Crippen LogP contribution in [0, 0.1) is 17.0 Å². The Hall–Kier alpha value is -2.96. The Morgan fingerprint density at radius 1 is 1.27 bits per heavy atom. The predicted octanol–water partition coefficient (Wildman–Crippen LogP) is 3.45. The number of ketones is 1. The van der Waals surface area contributed by atoms with Crippen molar-refractivity contribution in [3.8, 4) is 0 Å². The number of nitrogens with one attached hydrogen (secondary N) is 1. The molecule has 7 heteroatoms. The number of benzene rings is 1. The van der Waals surface area contributed by atoms with E-state index < -0.39 is 4.92 Å². The van der Waals surface area contributed by atoms with E-state index in [1.165, 1.54) is 24.3 Å². The van der Waals surface area contributed by atoms with Gasteiger partial charge >= 0.3 is 0 Å². The van der Waals surface area contributed by atoms with Crippen molar-refractivity contribution in [2.45, 2.75) is 32.6 Å². The van der Waals surface area contributed by atoms with Gasteiger partial charge in [-0.3, -0.25) is 19.7 Å². The van der Waals surface area contributed by atoms with Crippen molar-refractivity contribution in [3.63, 3.8) is 0 Å². The van der Waals surface area contributed by atoms with E-state index in [0.29, 0.717) is 18.7 Å². The molecule has 1 amide bonds. The van der Waals surface area contributed by atoms with Crippen LogP contribution in [0.25, 0.3) is 0 Å². The molecule has 0 bridgehead atoms. The molecule has 1 saturated heterocycles. The van der Waals surface area contributed by atoms with Crippen LogP contribution < -0.4 is 0 Å². The maximum Gasteiger partial charge on any atom is 0.269 e. The number of non-ortho nitro benzene ring substituents is 1. The molecule has 7 nitrogen and oxygen atoms in total. The highest BCUT2D eigenvalue weighted by Crippen LogP contribution is 2.31. The van der Waals surface area contributed by atoms with Crippen molar-refractivity contribution in [3.05, 3.63) is 63.0 Å². The molecule has 1 unspecified atom stereocenters. The average Bonchev–Trinajstić information content (AvgIpc) is 3.03. The maximum absolute atomic E-state index is 12.8. The lowest BCUT2D eigenvalue weighted by atomic mass is 9.88. The number of nitro groups is 1. The van der Waals surface area contributed by atoms with Gasteiger partial charge in [-0.15, -0.1) is 0 Å². The van der Waals surface area contributed by atoms with Crippen LogP contribution in [0.2, 0.25) is 0 Å². The molecule has 2 heterocycles. The number of aryl methyl sites for hydroxylation is 1. The normalized spacial score (nSPS) is 17.2. The van der Waals surface area contributed by atoms with E-state index >= 15 is 0 Å². The minimum absolute atomic E-state index is 0.0255. The Labute approximate surface area is 151 Å².